The van der Waals surface area contributed by atoms with Crippen molar-refractivity contribution in [2.24, 2.45) is 7.05 Å². The van der Waals surface area contributed by atoms with Crippen LogP contribution in [-0.4, -0.2) is 16.2 Å². The minimum absolute atomic E-state index is 0.223. The van der Waals surface area contributed by atoms with E-state index in [0.29, 0.717) is 5.82 Å². The zero-order valence-corrected chi connectivity index (χ0v) is 7.16. The summed E-state index contributed by atoms with van der Waals surface area (Å²) in [7, 11) is 1.76. The maximum Gasteiger partial charge on any atom is 0.225 e. The monoisotopic (exact) mass is 168 g/mol. The smallest absolute Gasteiger partial charge is 0.225 e. The molecule has 66 valence electrons. The van der Waals surface area contributed by atoms with Crippen molar-refractivity contribution in [3.63, 3.8) is 0 Å². The second-order valence-electron chi connectivity index (χ2n) is 2.55. The molecule has 0 bridgehead atoms. The second kappa shape index (κ2) is 3.30. The summed E-state index contributed by atoms with van der Waals surface area (Å²) in [5.74, 6) is 0.486. The van der Waals surface area contributed by atoms with Crippen LogP contribution in [0.15, 0.2) is 17.1 Å². The van der Waals surface area contributed by atoms with E-state index >= 15 is 0 Å². The summed E-state index contributed by atoms with van der Waals surface area (Å²) in [5, 5.41) is 12.0. The van der Waals surface area contributed by atoms with E-state index in [1.807, 2.05) is 6.92 Å². The molecule has 1 heterocycles. The van der Waals surface area contributed by atoms with Gasteiger partial charge in [-0.3, -0.25) is 4.79 Å². The standard InChI is InChI=1S/C8H12N2O2/c1-3-9-8-4-6(11)7(12)5-10(8)2/h4-5,9,12H,3H2,1-2H3. The minimum atomic E-state index is -0.357. The highest BCUT2D eigenvalue weighted by Crippen LogP contribution is 2.06. The van der Waals surface area contributed by atoms with Crippen molar-refractivity contribution >= 4 is 5.82 Å². The van der Waals surface area contributed by atoms with Crippen molar-refractivity contribution in [1.29, 1.82) is 0 Å². The van der Waals surface area contributed by atoms with Crippen LogP contribution in [0.1, 0.15) is 6.92 Å². The van der Waals surface area contributed by atoms with Crippen LogP contribution in [0.3, 0.4) is 0 Å². The lowest BCUT2D eigenvalue weighted by molar-refractivity contribution is 0.464. The fourth-order valence-electron chi connectivity index (χ4n) is 0.973. The van der Waals surface area contributed by atoms with Gasteiger partial charge in [-0.2, -0.15) is 0 Å². The largest absolute Gasteiger partial charge is 0.503 e. The molecule has 1 aromatic heterocycles. The van der Waals surface area contributed by atoms with Crippen molar-refractivity contribution in [3.05, 3.63) is 22.5 Å². The van der Waals surface area contributed by atoms with E-state index < -0.39 is 0 Å². The molecule has 4 heteroatoms. The lowest BCUT2D eigenvalue weighted by atomic mass is 10.4. The first-order valence-corrected chi connectivity index (χ1v) is 3.78. The quantitative estimate of drug-likeness (QED) is 0.677. The van der Waals surface area contributed by atoms with Crippen molar-refractivity contribution in [2.75, 3.05) is 11.9 Å². The van der Waals surface area contributed by atoms with Crippen LogP contribution in [0.4, 0.5) is 5.82 Å². The molecule has 1 aromatic rings. The molecule has 0 amide bonds. The molecule has 0 unspecified atom stereocenters. The highest BCUT2D eigenvalue weighted by Gasteiger charge is 2.00. The van der Waals surface area contributed by atoms with Crippen LogP contribution in [0.25, 0.3) is 0 Å². The minimum Gasteiger partial charge on any atom is -0.503 e. The lowest BCUT2D eigenvalue weighted by Crippen LogP contribution is -2.10. The van der Waals surface area contributed by atoms with Crippen LogP contribution in [0, 0.1) is 0 Å². The third-order valence-corrected chi connectivity index (χ3v) is 1.57. The Morgan fingerprint density at radius 3 is 2.92 bits per heavy atom. The summed E-state index contributed by atoms with van der Waals surface area (Å²) in [5.41, 5.74) is -0.357. The van der Waals surface area contributed by atoms with Gasteiger partial charge in [-0.15, -0.1) is 0 Å². The molecule has 0 aliphatic carbocycles. The first kappa shape index (κ1) is 8.64. The average Bonchev–Trinajstić information content (AvgIpc) is 2.01. The van der Waals surface area contributed by atoms with Gasteiger partial charge in [0.05, 0.1) is 6.20 Å². The fourth-order valence-corrected chi connectivity index (χ4v) is 0.973. The number of aromatic hydroxyl groups is 1. The van der Waals surface area contributed by atoms with Crippen LogP contribution >= 0.6 is 0 Å². The number of nitrogens with one attached hydrogen (secondary N) is 1. The number of hydrogen-bond donors (Lipinski definition) is 2. The van der Waals surface area contributed by atoms with Gasteiger partial charge in [0.15, 0.2) is 5.75 Å². The van der Waals surface area contributed by atoms with Gasteiger partial charge in [0.1, 0.15) is 5.82 Å². The Balaban J connectivity index is 3.14. The van der Waals surface area contributed by atoms with E-state index in [4.69, 9.17) is 5.11 Å². The highest BCUT2D eigenvalue weighted by atomic mass is 16.3. The van der Waals surface area contributed by atoms with Crippen molar-refractivity contribution in [2.45, 2.75) is 6.92 Å². The summed E-state index contributed by atoms with van der Waals surface area (Å²) < 4.78 is 1.67. The molecule has 0 radical (unpaired) electrons. The number of aryl methyl sites for hydroxylation is 1. The number of rotatable bonds is 2. The molecule has 0 aromatic carbocycles. The molecule has 2 N–H and O–H groups in total. The Morgan fingerprint density at radius 1 is 1.67 bits per heavy atom. The summed E-state index contributed by atoms with van der Waals surface area (Å²) in [6.07, 6.45) is 1.39. The maximum absolute atomic E-state index is 11.0. The van der Waals surface area contributed by atoms with Crippen molar-refractivity contribution < 1.29 is 5.11 Å². The first-order valence-electron chi connectivity index (χ1n) is 3.78. The number of hydrogen-bond acceptors (Lipinski definition) is 3. The third kappa shape index (κ3) is 1.58. The van der Waals surface area contributed by atoms with Gasteiger partial charge in [-0.05, 0) is 6.92 Å². The van der Waals surface area contributed by atoms with Gasteiger partial charge >= 0.3 is 0 Å². The molecule has 12 heavy (non-hydrogen) atoms. The van der Waals surface area contributed by atoms with Crippen LogP contribution in [-0.2, 0) is 7.05 Å². The first-order chi connectivity index (χ1) is 5.65. The molecule has 0 aliphatic rings. The van der Waals surface area contributed by atoms with Gasteiger partial charge in [0.25, 0.3) is 0 Å². The zero-order chi connectivity index (χ0) is 9.14. The van der Waals surface area contributed by atoms with E-state index in [1.165, 1.54) is 12.3 Å². The Morgan fingerprint density at radius 2 is 2.33 bits per heavy atom. The second-order valence-corrected chi connectivity index (χ2v) is 2.55. The Labute approximate surface area is 70.5 Å². The predicted molar refractivity (Wildman–Crippen MR) is 47.5 cm³/mol. The SMILES string of the molecule is CCNc1cc(=O)c(O)cn1C. The molecule has 4 nitrogen and oxygen atoms in total. The summed E-state index contributed by atoms with van der Waals surface area (Å²) in [4.78, 5) is 11.0. The fraction of sp³-hybridized carbons (Fsp3) is 0.375. The molecular weight excluding hydrogens is 156 g/mol. The number of nitrogens with zero attached hydrogens (tertiary/aromatic N) is 1. The number of aromatic nitrogens is 1. The van der Waals surface area contributed by atoms with E-state index in [9.17, 15) is 4.79 Å². The van der Waals surface area contributed by atoms with Gasteiger partial charge in [-0.25, -0.2) is 0 Å². The maximum atomic E-state index is 11.0. The van der Waals surface area contributed by atoms with Crippen LogP contribution < -0.4 is 10.7 Å². The molecular formula is C8H12N2O2. The molecule has 0 aliphatic heterocycles. The summed E-state index contributed by atoms with van der Waals surface area (Å²) in [6.45, 7) is 2.69. The van der Waals surface area contributed by atoms with E-state index in [0.717, 1.165) is 6.54 Å². The van der Waals surface area contributed by atoms with Gasteiger partial charge in [0.2, 0.25) is 5.43 Å². The predicted octanol–water partition coefficient (Wildman–Crippen LogP) is 0.523. The van der Waals surface area contributed by atoms with Crippen LogP contribution in [0.2, 0.25) is 0 Å². The lowest BCUT2D eigenvalue weighted by Gasteiger charge is -2.08. The van der Waals surface area contributed by atoms with E-state index in [-0.39, 0.29) is 11.2 Å². The number of pyridine rings is 1. The van der Waals surface area contributed by atoms with Gasteiger partial charge < -0.3 is 15.0 Å². The highest BCUT2D eigenvalue weighted by molar-refractivity contribution is 5.38. The molecule has 0 spiro atoms. The van der Waals surface area contributed by atoms with Crippen LogP contribution in [0.5, 0.6) is 5.75 Å². The summed E-state index contributed by atoms with van der Waals surface area (Å²) >= 11 is 0. The Hall–Kier alpha value is -1.45. The molecule has 0 saturated carbocycles. The zero-order valence-electron chi connectivity index (χ0n) is 7.16. The van der Waals surface area contributed by atoms with Crippen molar-refractivity contribution in [1.82, 2.24) is 4.57 Å². The van der Waals surface area contributed by atoms with E-state index in [1.54, 1.807) is 11.6 Å². The van der Waals surface area contributed by atoms with E-state index in [2.05, 4.69) is 5.32 Å². The Bertz CT molecular complexity index is 330. The molecule has 0 atom stereocenters. The number of anilines is 1. The molecule has 0 saturated heterocycles. The molecule has 1 rings (SSSR count). The normalized spacial score (nSPS) is 9.83. The summed E-state index contributed by atoms with van der Waals surface area (Å²) in [6, 6.07) is 1.37. The average molecular weight is 168 g/mol. The topological polar surface area (TPSA) is 54.3 Å². The van der Waals surface area contributed by atoms with Crippen molar-refractivity contribution in [3.8, 4) is 5.75 Å². The van der Waals surface area contributed by atoms with Gasteiger partial charge in [-0.1, -0.05) is 0 Å². The molecule has 0 fully saturated rings. The van der Waals surface area contributed by atoms with Gasteiger partial charge in [0, 0.05) is 19.7 Å². The third-order valence-electron chi connectivity index (χ3n) is 1.57. The Kier molecular flexibility index (Phi) is 2.38.